The molecule has 118 valence electrons. The van der Waals surface area contributed by atoms with Crippen LogP contribution in [-0.2, 0) is 11.3 Å². The van der Waals surface area contributed by atoms with E-state index in [-0.39, 0.29) is 11.0 Å². The van der Waals surface area contributed by atoms with Crippen molar-refractivity contribution in [3.05, 3.63) is 27.1 Å². The van der Waals surface area contributed by atoms with Crippen molar-refractivity contribution in [1.82, 2.24) is 10.6 Å². The van der Waals surface area contributed by atoms with Crippen LogP contribution in [0.5, 0.6) is 0 Å². The number of ether oxygens (including phenoxy) is 1. The lowest BCUT2D eigenvalue weighted by Gasteiger charge is -2.21. The first kappa shape index (κ1) is 17.4. The molecule has 2 N–H and O–H groups in total. The van der Waals surface area contributed by atoms with Gasteiger partial charge in [0, 0.05) is 30.1 Å². The SMILES string of the molecule is CC(CNC(=O)OC(C)(C)C)NCc1ccc([N+](=O)[O-])s1. The van der Waals surface area contributed by atoms with E-state index in [4.69, 9.17) is 4.74 Å². The van der Waals surface area contributed by atoms with Crippen LogP contribution in [0.2, 0.25) is 0 Å². The molecule has 0 fully saturated rings. The van der Waals surface area contributed by atoms with Gasteiger partial charge in [-0.1, -0.05) is 11.3 Å². The van der Waals surface area contributed by atoms with Crippen molar-refractivity contribution >= 4 is 22.4 Å². The van der Waals surface area contributed by atoms with Crippen molar-refractivity contribution in [1.29, 1.82) is 0 Å². The molecular formula is C13H21N3O4S. The van der Waals surface area contributed by atoms with E-state index in [1.165, 1.54) is 6.07 Å². The largest absolute Gasteiger partial charge is 0.444 e. The number of nitro groups is 1. The van der Waals surface area contributed by atoms with E-state index in [0.717, 1.165) is 16.2 Å². The van der Waals surface area contributed by atoms with Gasteiger partial charge in [0.1, 0.15) is 5.60 Å². The highest BCUT2D eigenvalue weighted by Gasteiger charge is 2.16. The van der Waals surface area contributed by atoms with Gasteiger partial charge in [-0.15, -0.1) is 0 Å². The Kier molecular flexibility index (Phi) is 6.10. The zero-order valence-corrected chi connectivity index (χ0v) is 13.5. The summed E-state index contributed by atoms with van der Waals surface area (Å²) in [7, 11) is 0. The van der Waals surface area contributed by atoms with Gasteiger partial charge < -0.3 is 15.4 Å². The maximum absolute atomic E-state index is 11.5. The van der Waals surface area contributed by atoms with Gasteiger partial charge in [-0.25, -0.2) is 4.79 Å². The number of hydrogen-bond acceptors (Lipinski definition) is 6. The van der Waals surface area contributed by atoms with Crippen molar-refractivity contribution in [2.45, 2.75) is 45.9 Å². The quantitative estimate of drug-likeness (QED) is 0.622. The van der Waals surface area contributed by atoms with Crippen molar-refractivity contribution < 1.29 is 14.5 Å². The number of alkyl carbamates (subject to hydrolysis) is 1. The lowest BCUT2D eigenvalue weighted by molar-refractivity contribution is -0.380. The molecule has 0 bridgehead atoms. The summed E-state index contributed by atoms with van der Waals surface area (Å²) in [5.41, 5.74) is -0.517. The van der Waals surface area contributed by atoms with E-state index in [9.17, 15) is 14.9 Å². The summed E-state index contributed by atoms with van der Waals surface area (Å²) >= 11 is 1.14. The van der Waals surface area contributed by atoms with E-state index in [2.05, 4.69) is 10.6 Å². The van der Waals surface area contributed by atoms with Crippen molar-refractivity contribution in [3.8, 4) is 0 Å². The van der Waals surface area contributed by atoms with Crippen molar-refractivity contribution in [2.75, 3.05) is 6.54 Å². The molecule has 0 saturated carbocycles. The minimum atomic E-state index is -0.517. The molecule has 1 amide bonds. The summed E-state index contributed by atoms with van der Waals surface area (Å²) in [5, 5.41) is 16.6. The normalized spacial score (nSPS) is 12.8. The second-order valence-corrected chi connectivity index (χ2v) is 6.81. The molecule has 0 radical (unpaired) electrons. The molecule has 1 aromatic heterocycles. The van der Waals surface area contributed by atoms with Crippen LogP contribution in [0.4, 0.5) is 9.80 Å². The van der Waals surface area contributed by atoms with Crippen LogP contribution in [0, 0.1) is 10.1 Å². The molecule has 1 aromatic rings. The summed E-state index contributed by atoms with van der Waals surface area (Å²) in [6, 6.07) is 3.24. The Morgan fingerprint density at radius 1 is 1.48 bits per heavy atom. The molecule has 0 spiro atoms. The molecule has 7 nitrogen and oxygen atoms in total. The number of rotatable bonds is 6. The van der Waals surface area contributed by atoms with Crippen LogP contribution >= 0.6 is 11.3 Å². The first-order valence-corrected chi connectivity index (χ1v) is 7.42. The molecule has 1 unspecified atom stereocenters. The molecule has 1 atom stereocenters. The number of hydrogen-bond donors (Lipinski definition) is 2. The van der Waals surface area contributed by atoms with Crippen LogP contribution in [0.25, 0.3) is 0 Å². The van der Waals surface area contributed by atoms with E-state index in [1.54, 1.807) is 26.8 Å². The summed E-state index contributed by atoms with van der Waals surface area (Å²) in [5.74, 6) is 0. The number of nitrogens with zero attached hydrogens (tertiary/aromatic N) is 1. The average Bonchev–Trinajstić information content (AvgIpc) is 2.80. The van der Waals surface area contributed by atoms with Gasteiger partial charge in [0.2, 0.25) is 0 Å². The summed E-state index contributed by atoms with van der Waals surface area (Å²) in [6.45, 7) is 8.27. The van der Waals surface area contributed by atoms with E-state index in [0.29, 0.717) is 13.1 Å². The predicted molar refractivity (Wildman–Crippen MR) is 81.5 cm³/mol. The number of amides is 1. The Labute approximate surface area is 127 Å². The second-order valence-electron chi connectivity index (χ2n) is 5.66. The third kappa shape index (κ3) is 7.05. The molecule has 1 rings (SSSR count). The molecule has 0 aliphatic rings. The maximum Gasteiger partial charge on any atom is 0.407 e. The molecule has 0 saturated heterocycles. The Morgan fingerprint density at radius 2 is 2.14 bits per heavy atom. The fourth-order valence-electron chi connectivity index (χ4n) is 1.46. The average molecular weight is 315 g/mol. The summed E-state index contributed by atoms with van der Waals surface area (Å²) in [6.07, 6.45) is -0.456. The number of carbonyl (C=O) groups is 1. The zero-order chi connectivity index (χ0) is 16.0. The van der Waals surface area contributed by atoms with E-state index in [1.807, 2.05) is 6.92 Å². The summed E-state index contributed by atoms with van der Waals surface area (Å²) < 4.78 is 5.13. The number of nitrogens with one attached hydrogen (secondary N) is 2. The highest BCUT2D eigenvalue weighted by atomic mass is 32.1. The van der Waals surface area contributed by atoms with Gasteiger partial charge in [0.05, 0.1) is 4.92 Å². The van der Waals surface area contributed by atoms with Crippen LogP contribution in [0.15, 0.2) is 12.1 Å². The molecular weight excluding hydrogens is 294 g/mol. The van der Waals surface area contributed by atoms with Crippen molar-refractivity contribution in [2.24, 2.45) is 0 Å². The van der Waals surface area contributed by atoms with Gasteiger partial charge in [0.25, 0.3) is 0 Å². The van der Waals surface area contributed by atoms with Crippen molar-refractivity contribution in [3.63, 3.8) is 0 Å². The van der Waals surface area contributed by atoms with Gasteiger partial charge in [-0.2, -0.15) is 0 Å². The van der Waals surface area contributed by atoms with Crippen LogP contribution < -0.4 is 10.6 Å². The van der Waals surface area contributed by atoms with Gasteiger partial charge >= 0.3 is 11.1 Å². The van der Waals surface area contributed by atoms with Crippen LogP contribution in [0.1, 0.15) is 32.6 Å². The number of thiophene rings is 1. The fraction of sp³-hybridized carbons (Fsp3) is 0.615. The van der Waals surface area contributed by atoms with Gasteiger partial charge in [-0.3, -0.25) is 10.1 Å². The standard InChI is InChI=1S/C13H21N3O4S/c1-9(7-15-12(17)20-13(2,3)4)14-8-10-5-6-11(21-10)16(18)19/h5-6,9,14H,7-8H2,1-4H3,(H,15,17). The minimum Gasteiger partial charge on any atom is -0.444 e. The maximum atomic E-state index is 11.5. The highest BCUT2D eigenvalue weighted by Crippen LogP contribution is 2.23. The third-order valence-corrected chi connectivity index (χ3v) is 3.44. The first-order chi connectivity index (χ1) is 9.67. The van der Waals surface area contributed by atoms with E-state index >= 15 is 0 Å². The monoisotopic (exact) mass is 315 g/mol. The lowest BCUT2D eigenvalue weighted by atomic mass is 10.2. The Hall–Kier alpha value is -1.67. The molecule has 8 heteroatoms. The van der Waals surface area contributed by atoms with Gasteiger partial charge in [-0.05, 0) is 33.8 Å². The predicted octanol–water partition coefficient (Wildman–Crippen LogP) is 2.66. The third-order valence-electron chi connectivity index (χ3n) is 2.40. The van der Waals surface area contributed by atoms with E-state index < -0.39 is 16.6 Å². The first-order valence-electron chi connectivity index (χ1n) is 6.60. The Morgan fingerprint density at radius 3 is 2.67 bits per heavy atom. The molecule has 0 aliphatic carbocycles. The zero-order valence-electron chi connectivity index (χ0n) is 12.6. The topological polar surface area (TPSA) is 93.5 Å². The molecule has 0 aromatic carbocycles. The number of carbonyl (C=O) groups excluding carboxylic acids is 1. The summed E-state index contributed by atoms with van der Waals surface area (Å²) in [4.78, 5) is 22.5. The lowest BCUT2D eigenvalue weighted by Crippen LogP contribution is -2.40. The highest BCUT2D eigenvalue weighted by molar-refractivity contribution is 7.15. The van der Waals surface area contributed by atoms with Crippen LogP contribution in [-0.4, -0.2) is 29.2 Å². The smallest absolute Gasteiger partial charge is 0.407 e. The van der Waals surface area contributed by atoms with Gasteiger partial charge in [0.15, 0.2) is 0 Å². The minimum absolute atomic E-state index is 0.0266. The Bertz CT molecular complexity index is 496. The Balaban J connectivity index is 2.29. The molecule has 1 heterocycles. The second kappa shape index (κ2) is 7.37. The van der Waals surface area contributed by atoms with Crippen LogP contribution in [0.3, 0.4) is 0 Å². The molecule has 0 aliphatic heterocycles. The molecule has 21 heavy (non-hydrogen) atoms. The fourth-order valence-corrected chi connectivity index (χ4v) is 2.23.